The fourth-order valence-electron chi connectivity index (χ4n) is 2.86. The average Bonchev–Trinajstić information content (AvgIpc) is 2.55. The second-order valence-corrected chi connectivity index (χ2v) is 6.31. The number of nitrogens with one attached hydrogen (secondary N) is 1. The van der Waals surface area contributed by atoms with Gasteiger partial charge in [-0.3, -0.25) is 0 Å². The van der Waals surface area contributed by atoms with Gasteiger partial charge in [-0.15, -0.1) is 0 Å². The first-order valence-electron chi connectivity index (χ1n) is 7.48. The first-order chi connectivity index (χ1) is 10.7. The minimum Gasteiger partial charge on any atom is -0.445 e. The molecule has 0 aromatic heterocycles. The van der Waals surface area contributed by atoms with Gasteiger partial charge in [0.05, 0.1) is 6.04 Å². The van der Waals surface area contributed by atoms with E-state index in [1.165, 1.54) is 11.1 Å². The third kappa shape index (κ3) is 3.50. The summed E-state index contributed by atoms with van der Waals surface area (Å²) >= 11 is 3.59. The Labute approximate surface area is 138 Å². The highest BCUT2D eigenvalue weighted by atomic mass is 79.9. The van der Waals surface area contributed by atoms with Crippen LogP contribution in [0.3, 0.4) is 0 Å². The number of rotatable bonds is 3. The normalized spacial score (nSPS) is 16.7. The number of halogens is 1. The summed E-state index contributed by atoms with van der Waals surface area (Å²) in [5, 5.41) is 2.99. The molecule has 0 saturated carbocycles. The molecule has 22 heavy (non-hydrogen) atoms. The quantitative estimate of drug-likeness (QED) is 0.858. The zero-order valence-corrected chi connectivity index (χ0v) is 13.8. The van der Waals surface area contributed by atoms with Gasteiger partial charge in [-0.2, -0.15) is 0 Å². The third-order valence-electron chi connectivity index (χ3n) is 3.95. The molecule has 0 bridgehead atoms. The van der Waals surface area contributed by atoms with Crippen LogP contribution in [-0.2, 0) is 17.8 Å². The van der Waals surface area contributed by atoms with E-state index in [-0.39, 0.29) is 12.1 Å². The zero-order chi connectivity index (χ0) is 15.4. The Morgan fingerprint density at radius 2 is 2.00 bits per heavy atom. The first-order valence-corrected chi connectivity index (χ1v) is 8.28. The second-order valence-electron chi connectivity index (χ2n) is 5.46. The van der Waals surface area contributed by atoms with Crippen LogP contribution >= 0.6 is 15.9 Å². The Morgan fingerprint density at radius 3 is 2.82 bits per heavy atom. The van der Waals surface area contributed by atoms with Crippen LogP contribution in [0.1, 0.15) is 35.6 Å². The van der Waals surface area contributed by atoms with Crippen LogP contribution in [0.15, 0.2) is 53.0 Å². The third-order valence-corrected chi connectivity index (χ3v) is 4.70. The maximum atomic E-state index is 12.0. The van der Waals surface area contributed by atoms with E-state index in [1.54, 1.807) is 0 Å². The number of hydrogen-bond donors (Lipinski definition) is 1. The number of alkyl carbamates (subject to hydrolysis) is 1. The van der Waals surface area contributed by atoms with Crippen molar-refractivity contribution in [1.29, 1.82) is 0 Å². The summed E-state index contributed by atoms with van der Waals surface area (Å²) in [4.78, 5) is 12.0. The van der Waals surface area contributed by atoms with E-state index in [1.807, 2.05) is 36.4 Å². The Morgan fingerprint density at radius 1 is 1.18 bits per heavy atom. The Kier molecular flexibility index (Phi) is 4.78. The van der Waals surface area contributed by atoms with Crippen molar-refractivity contribution in [3.63, 3.8) is 0 Å². The molecular weight excluding hydrogens is 342 g/mol. The predicted molar refractivity (Wildman–Crippen MR) is 89.6 cm³/mol. The second kappa shape index (κ2) is 6.97. The molecule has 2 aromatic carbocycles. The van der Waals surface area contributed by atoms with Gasteiger partial charge in [0.25, 0.3) is 0 Å². The molecule has 0 spiro atoms. The molecule has 3 rings (SSSR count). The van der Waals surface area contributed by atoms with E-state index >= 15 is 0 Å². The van der Waals surface area contributed by atoms with Gasteiger partial charge in [0.2, 0.25) is 0 Å². The van der Waals surface area contributed by atoms with Gasteiger partial charge >= 0.3 is 6.09 Å². The maximum Gasteiger partial charge on any atom is 0.407 e. The zero-order valence-electron chi connectivity index (χ0n) is 12.2. The molecule has 1 unspecified atom stereocenters. The van der Waals surface area contributed by atoms with Crippen molar-refractivity contribution >= 4 is 22.0 Å². The SMILES string of the molecule is O=C(NC1CCCc2c(Br)cccc21)OCc1ccccc1. The molecule has 3 nitrogen and oxygen atoms in total. The van der Waals surface area contributed by atoms with Crippen molar-refractivity contribution in [3.05, 3.63) is 69.7 Å². The summed E-state index contributed by atoms with van der Waals surface area (Å²) in [6, 6.07) is 15.9. The number of ether oxygens (including phenoxy) is 1. The van der Waals surface area contributed by atoms with E-state index in [9.17, 15) is 4.79 Å². The summed E-state index contributed by atoms with van der Waals surface area (Å²) in [7, 11) is 0. The minimum absolute atomic E-state index is 0.0320. The summed E-state index contributed by atoms with van der Waals surface area (Å²) in [5.74, 6) is 0. The molecule has 2 aromatic rings. The molecule has 0 fully saturated rings. The van der Waals surface area contributed by atoms with Gasteiger partial charge in [0, 0.05) is 4.47 Å². The van der Waals surface area contributed by atoms with Gasteiger partial charge in [0.1, 0.15) is 6.61 Å². The van der Waals surface area contributed by atoms with Crippen LogP contribution in [0, 0.1) is 0 Å². The van der Waals surface area contributed by atoms with Crippen molar-refractivity contribution < 1.29 is 9.53 Å². The lowest BCUT2D eigenvalue weighted by Gasteiger charge is -2.26. The Bertz CT molecular complexity index is 657. The molecule has 4 heteroatoms. The Balaban J connectivity index is 1.62. The van der Waals surface area contributed by atoms with Crippen LogP contribution in [0.25, 0.3) is 0 Å². The van der Waals surface area contributed by atoms with Crippen LogP contribution < -0.4 is 5.32 Å². The van der Waals surface area contributed by atoms with Gasteiger partial charge in [0.15, 0.2) is 0 Å². The number of carbonyl (C=O) groups excluding carboxylic acids is 1. The van der Waals surface area contributed by atoms with Gasteiger partial charge < -0.3 is 10.1 Å². The maximum absolute atomic E-state index is 12.0. The molecular formula is C18H18BrNO2. The molecule has 1 N–H and O–H groups in total. The first kappa shape index (κ1) is 15.1. The smallest absolute Gasteiger partial charge is 0.407 e. The van der Waals surface area contributed by atoms with E-state index in [2.05, 4.69) is 33.4 Å². The summed E-state index contributed by atoms with van der Waals surface area (Å²) in [6.45, 7) is 0.296. The van der Waals surface area contributed by atoms with Crippen molar-refractivity contribution in [2.24, 2.45) is 0 Å². The van der Waals surface area contributed by atoms with Crippen molar-refractivity contribution in [2.75, 3.05) is 0 Å². The standard InChI is InChI=1S/C18H18BrNO2/c19-16-10-4-9-15-14(16)8-5-11-17(15)20-18(21)22-12-13-6-2-1-3-7-13/h1-4,6-7,9-10,17H,5,8,11-12H2,(H,20,21). The molecule has 0 radical (unpaired) electrons. The lowest BCUT2D eigenvalue weighted by atomic mass is 9.88. The summed E-state index contributed by atoms with van der Waals surface area (Å²) < 4.78 is 6.43. The molecule has 1 aliphatic carbocycles. The van der Waals surface area contributed by atoms with Crippen LogP contribution in [0.5, 0.6) is 0 Å². The number of hydrogen-bond acceptors (Lipinski definition) is 2. The Hall–Kier alpha value is -1.81. The van der Waals surface area contributed by atoms with Crippen LogP contribution in [-0.4, -0.2) is 6.09 Å². The fourth-order valence-corrected chi connectivity index (χ4v) is 3.44. The molecule has 1 aliphatic rings. The number of benzene rings is 2. The highest BCUT2D eigenvalue weighted by molar-refractivity contribution is 9.10. The predicted octanol–water partition coefficient (Wildman–Crippen LogP) is 4.75. The number of amides is 1. The van der Waals surface area contributed by atoms with Gasteiger partial charge in [-0.05, 0) is 42.0 Å². The van der Waals surface area contributed by atoms with Crippen LogP contribution in [0.2, 0.25) is 0 Å². The van der Waals surface area contributed by atoms with E-state index in [4.69, 9.17) is 4.74 Å². The van der Waals surface area contributed by atoms with E-state index in [0.717, 1.165) is 29.3 Å². The molecule has 1 atom stereocenters. The van der Waals surface area contributed by atoms with Crippen molar-refractivity contribution in [1.82, 2.24) is 5.32 Å². The summed E-state index contributed by atoms with van der Waals surface area (Å²) in [6.07, 6.45) is 2.71. The molecule has 0 aliphatic heterocycles. The van der Waals surface area contributed by atoms with E-state index < -0.39 is 0 Å². The van der Waals surface area contributed by atoms with E-state index in [0.29, 0.717) is 6.61 Å². The highest BCUT2D eigenvalue weighted by Gasteiger charge is 2.23. The monoisotopic (exact) mass is 359 g/mol. The molecule has 1 amide bonds. The van der Waals surface area contributed by atoms with Crippen molar-refractivity contribution in [2.45, 2.75) is 31.9 Å². The fraction of sp³-hybridized carbons (Fsp3) is 0.278. The average molecular weight is 360 g/mol. The highest BCUT2D eigenvalue weighted by Crippen LogP contribution is 2.34. The van der Waals surface area contributed by atoms with Gasteiger partial charge in [-0.25, -0.2) is 4.79 Å². The van der Waals surface area contributed by atoms with Gasteiger partial charge in [-0.1, -0.05) is 58.4 Å². The molecule has 0 saturated heterocycles. The summed E-state index contributed by atoms with van der Waals surface area (Å²) in [5.41, 5.74) is 3.48. The lowest BCUT2D eigenvalue weighted by Crippen LogP contribution is -2.31. The minimum atomic E-state index is -0.360. The van der Waals surface area contributed by atoms with Crippen LogP contribution in [0.4, 0.5) is 4.79 Å². The topological polar surface area (TPSA) is 38.3 Å². The number of fused-ring (bicyclic) bond motifs is 1. The largest absolute Gasteiger partial charge is 0.445 e. The molecule has 0 heterocycles. The lowest BCUT2D eigenvalue weighted by molar-refractivity contribution is 0.134. The number of carbonyl (C=O) groups is 1. The van der Waals surface area contributed by atoms with Crippen molar-refractivity contribution in [3.8, 4) is 0 Å². The molecule has 114 valence electrons.